The van der Waals surface area contributed by atoms with Gasteiger partial charge >= 0.3 is 5.97 Å². The number of rotatable bonds is 5. The van der Waals surface area contributed by atoms with Crippen molar-refractivity contribution in [2.24, 2.45) is 0 Å². The normalized spacial score (nSPS) is 10.4. The zero-order valence-electron chi connectivity index (χ0n) is 14.6. The lowest BCUT2D eigenvalue weighted by Gasteiger charge is -2.11. The predicted molar refractivity (Wildman–Crippen MR) is 98.1 cm³/mol. The molecule has 0 fully saturated rings. The van der Waals surface area contributed by atoms with E-state index >= 15 is 0 Å². The average molecular weight is 349 g/mol. The highest BCUT2D eigenvalue weighted by atomic mass is 16.5. The third-order valence-corrected chi connectivity index (χ3v) is 4.09. The molecule has 3 rings (SSSR count). The number of amides is 1. The maximum Gasteiger partial charge on any atom is 0.338 e. The van der Waals surface area contributed by atoms with Crippen LogP contribution in [0.25, 0.3) is 0 Å². The molecule has 0 bridgehead atoms. The van der Waals surface area contributed by atoms with E-state index in [1.807, 2.05) is 38.1 Å². The van der Waals surface area contributed by atoms with Crippen LogP contribution >= 0.6 is 0 Å². The van der Waals surface area contributed by atoms with E-state index in [9.17, 15) is 9.59 Å². The first-order valence-corrected chi connectivity index (χ1v) is 8.22. The second kappa shape index (κ2) is 7.70. The largest absolute Gasteiger partial charge is 0.459 e. The number of anilines is 1. The van der Waals surface area contributed by atoms with Gasteiger partial charge in [-0.3, -0.25) is 4.79 Å². The molecule has 1 N–H and O–H groups in total. The van der Waals surface area contributed by atoms with E-state index in [0.717, 1.165) is 16.7 Å². The third kappa shape index (κ3) is 4.00. The molecule has 0 aliphatic carbocycles. The average Bonchev–Trinajstić information content (AvgIpc) is 3.17. The Morgan fingerprint density at radius 1 is 1.00 bits per heavy atom. The first-order valence-electron chi connectivity index (χ1n) is 8.22. The molecular formula is C21H19NO4. The topological polar surface area (TPSA) is 68.5 Å². The van der Waals surface area contributed by atoms with Crippen LogP contribution in [-0.4, -0.2) is 11.9 Å². The third-order valence-electron chi connectivity index (χ3n) is 4.09. The van der Waals surface area contributed by atoms with Crippen LogP contribution < -0.4 is 5.32 Å². The Morgan fingerprint density at radius 2 is 1.81 bits per heavy atom. The number of ether oxygens (including phenoxy) is 1. The molecule has 3 aromatic rings. The highest BCUT2D eigenvalue weighted by Crippen LogP contribution is 2.19. The quantitative estimate of drug-likeness (QED) is 0.688. The van der Waals surface area contributed by atoms with Crippen LogP contribution in [0.2, 0.25) is 0 Å². The van der Waals surface area contributed by atoms with Crippen LogP contribution in [0.5, 0.6) is 0 Å². The van der Waals surface area contributed by atoms with E-state index in [0.29, 0.717) is 11.3 Å². The molecule has 0 saturated carbocycles. The molecule has 2 aromatic carbocycles. The molecule has 5 nitrogen and oxygen atoms in total. The van der Waals surface area contributed by atoms with Gasteiger partial charge in [0.2, 0.25) is 0 Å². The van der Waals surface area contributed by atoms with Gasteiger partial charge < -0.3 is 14.5 Å². The van der Waals surface area contributed by atoms with Crippen LogP contribution in [0.3, 0.4) is 0 Å². The number of hydrogen-bond donors (Lipinski definition) is 1. The molecule has 1 heterocycles. The van der Waals surface area contributed by atoms with Gasteiger partial charge in [0.1, 0.15) is 6.61 Å². The summed E-state index contributed by atoms with van der Waals surface area (Å²) >= 11 is 0. The van der Waals surface area contributed by atoms with Crippen LogP contribution in [0.15, 0.2) is 65.3 Å². The van der Waals surface area contributed by atoms with Crippen molar-refractivity contribution in [2.75, 3.05) is 5.32 Å². The minimum absolute atomic E-state index is 0.202. The minimum Gasteiger partial charge on any atom is -0.459 e. The second-order valence-electron chi connectivity index (χ2n) is 5.96. The summed E-state index contributed by atoms with van der Waals surface area (Å²) in [5, 5.41) is 2.75. The maximum absolute atomic E-state index is 12.4. The van der Waals surface area contributed by atoms with Crippen LogP contribution in [0.1, 0.15) is 37.6 Å². The Bertz CT molecular complexity index is 929. The highest BCUT2D eigenvalue weighted by molar-refractivity contribution is 6.03. The molecule has 0 saturated heterocycles. The molecule has 0 spiro atoms. The molecule has 26 heavy (non-hydrogen) atoms. The zero-order chi connectivity index (χ0) is 18.5. The van der Waals surface area contributed by atoms with Crippen LogP contribution in [0.4, 0.5) is 5.69 Å². The van der Waals surface area contributed by atoms with E-state index in [1.165, 1.54) is 6.26 Å². The maximum atomic E-state index is 12.4. The van der Waals surface area contributed by atoms with Crippen molar-refractivity contribution in [2.45, 2.75) is 20.5 Å². The van der Waals surface area contributed by atoms with Gasteiger partial charge in [-0.2, -0.15) is 0 Å². The summed E-state index contributed by atoms with van der Waals surface area (Å²) in [6.45, 7) is 4.02. The predicted octanol–water partition coefficient (Wildman–Crippen LogP) is 4.51. The Morgan fingerprint density at radius 3 is 2.54 bits per heavy atom. The number of furan rings is 1. The fraction of sp³-hybridized carbons (Fsp3) is 0.143. The summed E-state index contributed by atoms with van der Waals surface area (Å²) < 4.78 is 10.5. The number of benzene rings is 2. The lowest BCUT2D eigenvalue weighted by atomic mass is 10.1. The Hall–Kier alpha value is -3.34. The molecule has 0 radical (unpaired) electrons. The lowest BCUT2D eigenvalue weighted by Crippen LogP contribution is -2.13. The standard InChI is InChI=1S/C21H19NO4/c1-14-6-3-4-7-17(14)13-26-21(24)16-10-9-15(2)18(12-16)22-20(23)19-8-5-11-25-19/h3-12H,13H2,1-2H3,(H,22,23). The molecule has 0 aliphatic rings. The molecule has 0 atom stereocenters. The van der Waals surface area contributed by atoms with Crippen molar-refractivity contribution in [3.63, 3.8) is 0 Å². The zero-order valence-corrected chi connectivity index (χ0v) is 14.6. The van der Waals surface area contributed by atoms with Crippen molar-refractivity contribution in [3.8, 4) is 0 Å². The first kappa shape index (κ1) is 17.5. The number of nitrogens with one attached hydrogen (secondary N) is 1. The molecule has 1 amide bonds. The Labute approximate surface area is 151 Å². The Kier molecular flexibility index (Phi) is 5.17. The smallest absolute Gasteiger partial charge is 0.338 e. The first-order chi connectivity index (χ1) is 12.5. The number of carbonyl (C=O) groups is 2. The van der Waals surface area contributed by atoms with Crippen LogP contribution in [-0.2, 0) is 11.3 Å². The molecule has 5 heteroatoms. The summed E-state index contributed by atoms with van der Waals surface area (Å²) in [6, 6.07) is 16.0. The molecular weight excluding hydrogens is 330 g/mol. The van der Waals surface area contributed by atoms with Gasteiger partial charge in [0.05, 0.1) is 11.8 Å². The van der Waals surface area contributed by atoms with Gasteiger partial charge in [-0.05, 0) is 54.8 Å². The van der Waals surface area contributed by atoms with E-state index in [2.05, 4.69) is 5.32 Å². The molecule has 1 aromatic heterocycles. The van der Waals surface area contributed by atoms with Gasteiger partial charge in [0.25, 0.3) is 5.91 Å². The fourth-order valence-electron chi connectivity index (χ4n) is 2.47. The number of carbonyl (C=O) groups excluding carboxylic acids is 2. The van der Waals surface area contributed by atoms with Crippen LogP contribution in [0, 0.1) is 13.8 Å². The second-order valence-corrected chi connectivity index (χ2v) is 5.96. The number of aryl methyl sites for hydroxylation is 2. The summed E-state index contributed by atoms with van der Waals surface area (Å²) in [7, 11) is 0. The monoisotopic (exact) mass is 349 g/mol. The fourth-order valence-corrected chi connectivity index (χ4v) is 2.47. The van der Waals surface area contributed by atoms with E-state index in [4.69, 9.17) is 9.15 Å². The van der Waals surface area contributed by atoms with Gasteiger partial charge in [0.15, 0.2) is 5.76 Å². The summed E-state index contributed by atoms with van der Waals surface area (Å²) in [5.41, 5.74) is 3.77. The van der Waals surface area contributed by atoms with Crippen molar-refractivity contribution in [1.29, 1.82) is 0 Å². The lowest BCUT2D eigenvalue weighted by molar-refractivity contribution is 0.0472. The number of hydrogen-bond acceptors (Lipinski definition) is 4. The van der Waals surface area contributed by atoms with Crippen molar-refractivity contribution < 1.29 is 18.7 Å². The van der Waals surface area contributed by atoms with Gasteiger partial charge in [-0.15, -0.1) is 0 Å². The van der Waals surface area contributed by atoms with Gasteiger partial charge in [-0.25, -0.2) is 4.79 Å². The van der Waals surface area contributed by atoms with Gasteiger partial charge in [0, 0.05) is 5.69 Å². The molecule has 132 valence electrons. The van der Waals surface area contributed by atoms with Crippen molar-refractivity contribution in [3.05, 3.63) is 88.9 Å². The van der Waals surface area contributed by atoms with E-state index in [-0.39, 0.29) is 18.3 Å². The SMILES string of the molecule is Cc1ccccc1COC(=O)c1ccc(C)c(NC(=O)c2ccco2)c1. The number of esters is 1. The van der Waals surface area contributed by atoms with E-state index in [1.54, 1.807) is 30.3 Å². The van der Waals surface area contributed by atoms with E-state index < -0.39 is 5.97 Å². The molecule has 0 unspecified atom stereocenters. The summed E-state index contributed by atoms with van der Waals surface area (Å²) in [4.78, 5) is 24.5. The molecule has 0 aliphatic heterocycles. The summed E-state index contributed by atoms with van der Waals surface area (Å²) in [6.07, 6.45) is 1.43. The Balaban J connectivity index is 1.71. The van der Waals surface area contributed by atoms with Crippen molar-refractivity contribution in [1.82, 2.24) is 0 Å². The highest BCUT2D eigenvalue weighted by Gasteiger charge is 2.14. The van der Waals surface area contributed by atoms with Crippen molar-refractivity contribution >= 4 is 17.6 Å². The summed E-state index contributed by atoms with van der Waals surface area (Å²) in [5.74, 6) is -0.609. The minimum atomic E-state index is -0.443. The van der Waals surface area contributed by atoms with Gasteiger partial charge in [-0.1, -0.05) is 30.3 Å².